The number of nitrogens with one attached hydrogen (secondary N) is 1. The van der Waals surface area contributed by atoms with Gasteiger partial charge in [0, 0.05) is 43.9 Å². The number of rotatable bonds is 6. The first-order valence-electron chi connectivity index (χ1n) is 11.4. The summed E-state index contributed by atoms with van der Waals surface area (Å²) in [4.78, 5) is 31.2. The molecule has 8 nitrogen and oxygen atoms in total. The summed E-state index contributed by atoms with van der Waals surface area (Å²) in [6.07, 6.45) is 4.55. The third-order valence-electron chi connectivity index (χ3n) is 5.88. The number of pyridine rings is 1. The van der Waals surface area contributed by atoms with E-state index < -0.39 is 17.7 Å². The number of aromatic nitrogens is 4. The van der Waals surface area contributed by atoms with Crippen molar-refractivity contribution in [3.8, 4) is 0 Å². The lowest BCUT2D eigenvalue weighted by molar-refractivity contribution is -0.125. The summed E-state index contributed by atoms with van der Waals surface area (Å²) in [5, 5.41) is 11.7. The topological polar surface area (TPSA) is 93.0 Å². The largest absolute Gasteiger partial charge is 0.340 e. The van der Waals surface area contributed by atoms with Crippen LogP contribution >= 0.6 is 0 Å². The molecule has 35 heavy (non-hydrogen) atoms. The fourth-order valence-electron chi connectivity index (χ4n) is 3.95. The highest BCUT2D eigenvalue weighted by atomic mass is 19.2. The van der Waals surface area contributed by atoms with Gasteiger partial charge in [-0.25, -0.2) is 8.78 Å². The number of carbonyl (C=O) groups is 2. The molecule has 0 saturated heterocycles. The molecular formula is C25H26F2N6O2. The molecule has 1 N–H and O–H groups in total. The molecule has 1 atom stereocenters. The van der Waals surface area contributed by atoms with E-state index >= 15 is 0 Å². The molecule has 0 bridgehead atoms. The van der Waals surface area contributed by atoms with Gasteiger partial charge in [0.15, 0.2) is 17.5 Å². The second-order valence-corrected chi connectivity index (χ2v) is 8.59. The van der Waals surface area contributed by atoms with E-state index in [-0.39, 0.29) is 23.3 Å². The van der Waals surface area contributed by atoms with Crippen LogP contribution in [0.2, 0.25) is 0 Å². The quantitative estimate of drug-likeness (QED) is 0.547. The summed E-state index contributed by atoms with van der Waals surface area (Å²) in [6.45, 7) is 5.18. The van der Waals surface area contributed by atoms with Crippen molar-refractivity contribution < 1.29 is 18.4 Å². The van der Waals surface area contributed by atoms with Gasteiger partial charge in [-0.05, 0) is 30.2 Å². The maximum atomic E-state index is 13.9. The van der Waals surface area contributed by atoms with Crippen LogP contribution in [0.3, 0.4) is 0 Å². The van der Waals surface area contributed by atoms with E-state index in [1.165, 1.54) is 24.3 Å². The molecule has 182 valence electrons. The predicted octanol–water partition coefficient (Wildman–Crippen LogP) is 3.18. The highest BCUT2D eigenvalue weighted by Crippen LogP contribution is 2.23. The monoisotopic (exact) mass is 480 g/mol. The number of hydrogen-bond donors (Lipinski definition) is 1. The summed E-state index contributed by atoms with van der Waals surface area (Å²) in [7, 11) is 0. The predicted molar refractivity (Wildman–Crippen MR) is 125 cm³/mol. The van der Waals surface area contributed by atoms with Gasteiger partial charge in [0.25, 0.3) is 5.91 Å². The van der Waals surface area contributed by atoms with Crippen molar-refractivity contribution in [3.05, 3.63) is 83.2 Å². The molecule has 0 fully saturated rings. The first-order valence-corrected chi connectivity index (χ1v) is 11.4. The van der Waals surface area contributed by atoms with E-state index in [2.05, 4.69) is 20.5 Å². The van der Waals surface area contributed by atoms with Crippen LogP contribution in [-0.4, -0.2) is 49.6 Å². The van der Waals surface area contributed by atoms with Gasteiger partial charge in [-0.2, -0.15) is 0 Å². The van der Waals surface area contributed by atoms with Gasteiger partial charge in [0.05, 0.1) is 6.04 Å². The maximum absolute atomic E-state index is 13.9. The highest BCUT2D eigenvalue weighted by molar-refractivity contribution is 5.92. The first kappa shape index (κ1) is 24.2. The van der Waals surface area contributed by atoms with Crippen molar-refractivity contribution in [1.29, 1.82) is 0 Å². The van der Waals surface area contributed by atoms with Crippen LogP contribution in [0.15, 0.2) is 48.7 Å². The Kier molecular flexibility index (Phi) is 7.28. The van der Waals surface area contributed by atoms with Crippen molar-refractivity contribution in [2.75, 3.05) is 13.1 Å². The fourth-order valence-corrected chi connectivity index (χ4v) is 3.95. The van der Waals surface area contributed by atoms with Crippen LogP contribution in [0, 0.1) is 17.6 Å². The molecule has 2 aromatic heterocycles. The van der Waals surface area contributed by atoms with Gasteiger partial charge in [0.2, 0.25) is 5.91 Å². The molecular weight excluding hydrogens is 454 g/mol. The van der Waals surface area contributed by atoms with Crippen LogP contribution in [0.25, 0.3) is 6.08 Å². The summed E-state index contributed by atoms with van der Waals surface area (Å²) in [6, 6.07) is 8.56. The molecule has 0 saturated carbocycles. The standard InChI is InChI=1S/C25H26F2N6O2/c1-16(2)23(29-25(35)19-8-3-4-12-28-19)24-31-30-20-11-13-32(14-15-33(20)24)21(34)10-9-17-6-5-7-18(26)22(17)27/h3-10,12,16,23H,11,13-15H2,1-2H3,(H,29,35)/b10-9+. The second-order valence-electron chi connectivity index (χ2n) is 8.59. The normalized spacial score (nSPS) is 14.6. The number of fused-ring (bicyclic) bond motifs is 1. The molecule has 4 rings (SSSR count). The van der Waals surface area contributed by atoms with Crippen molar-refractivity contribution in [2.45, 2.75) is 32.9 Å². The van der Waals surface area contributed by atoms with Crippen LogP contribution < -0.4 is 5.32 Å². The molecule has 1 aliphatic heterocycles. The second kappa shape index (κ2) is 10.5. The van der Waals surface area contributed by atoms with Gasteiger partial charge in [-0.3, -0.25) is 14.6 Å². The Labute approximate surface area is 201 Å². The van der Waals surface area contributed by atoms with Crippen LogP contribution in [0.5, 0.6) is 0 Å². The maximum Gasteiger partial charge on any atom is 0.270 e. The molecule has 3 heterocycles. The number of benzene rings is 1. The number of nitrogens with zero attached hydrogens (tertiary/aromatic N) is 5. The van der Waals surface area contributed by atoms with Crippen molar-refractivity contribution in [1.82, 2.24) is 30.0 Å². The lowest BCUT2D eigenvalue weighted by Crippen LogP contribution is -2.35. The molecule has 0 aliphatic carbocycles. The number of amides is 2. The molecule has 2 amide bonds. The molecule has 0 radical (unpaired) electrons. The zero-order chi connectivity index (χ0) is 24.9. The van der Waals surface area contributed by atoms with Gasteiger partial charge in [-0.15, -0.1) is 10.2 Å². The minimum atomic E-state index is -0.990. The van der Waals surface area contributed by atoms with E-state index in [0.29, 0.717) is 43.4 Å². The smallest absolute Gasteiger partial charge is 0.270 e. The van der Waals surface area contributed by atoms with Gasteiger partial charge >= 0.3 is 0 Å². The lowest BCUT2D eigenvalue weighted by Gasteiger charge is -2.23. The Balaban J connectivity index is 1.47. The summed E-state index contributed by atoms with van der Waals surface area (Å²) in [5.74, 6) is -1.20. The van der Waals surface area contributed by atoms with Crippen LogP contribution in [0.1, 0.15) is 47.6 Å². The van der Waals surface area contributed by atoms with Gasteiger partial charge < -0.3 is 14.8 Å². The van der Waals surface area contributed by atoms with E-state index in [4.69, 9.17) is 0 Å². The zero-order valence-electron chi connectivity index (χ0n) is 19.5. The fraction of sp³-hybridized carbons (Fsp3) is 0.320. The number of halogens is 2. The molecule has 1 aliphatic rings. The highest BCUT2D eigenvalue weighted by Gasteiger charge is 2.28. The first-order chi connectivity index (χ1) is 16.8. The van der Waals surface area contributed by atoms with E-state index in [0.717, 1.165) is 6.07 Å². The Hall–Kier alpha value is -3.95. The molecule has 0 spiro atoms. The summed E-state index contributed by atoms with van der Waals surface area (Å²) >= 11 is 0. The van der Waals surface area contributed by atoms with E-state index in [1.807, 2.05) is 18.4 Å². The minimum Gasteiger partial charge on any atom is -0.340 e. The minimum absolute atomic E-state index is 0.0102. The summed E-state index contributed by atoms with van der Waals surface area (Å²) < 4.78 is 29.2. The third kappa shape index (κ3) is 5.42. The van der Waals surface area contributed by atoms with Gasteiger partial charge in [0.1, 0.15) is 11.5 Å². The van der Waals surface area contributed by atoms with E-state index in [9.17, 15) is 18.4 Å². The van der Waals surface area contributed by atoms with Crippen LogP contribution in [0.4, 0.5) is 8.78 Å². The summed E-state index contributed by atoms with van der Waals surface area (Å²) in [5.41, 5.74) is 0.322. The molecule has 1 unspecified atom stereocenters. The average molecular weight is 481 g/mol. The average Bonchev–Trinajstić information content (AvgIpc) is 3.13. The van der Waals surface area contributed by atoms with Crippen molar-refractivity contribution in [3.63, 3.8) is 0 Å². The third-order valence-corrected chi connectivity index (χ3v) is 5.88. The Morgan fingerprint density at radius 3 is 2.63 bits per heavy atom. The lowest BCUT2D eigenvalue weighted by atomic mass is 10.0. The Morgan fingerprint density at radius 1 is 1.06 bits per heavy atom. The van der Waals surface area contributed by atoms with Crippen molar-refractivity contribution >= 4 is 17.9 Å². The molecule has 10 heteroatoms. The molecule has 3 aromatic rings. The Bertz CT molecular complexity index is 1240. The van der Waals surface area contributed by atoms with Gasteiger partial charge in [-0.1, -0.05) is 32.0 Å². The zero-order valence-corrected chi connectivity index (χ0v) is 19.5. The number of hydrogen-bond acceptors (Lipinski definition) is 5. The SMILES string of the molecule is CC(C)C(NC(=O)c1ccccn1)c1nnc2n1CCN(C(=O)/C=C/c1cccc(F)c1F)CC2. The van der Waals surface area contributed by atoms with E-state index in [1.54, 1.807) is 29.3 Å². The number of carbonyl (C=O) groups excluding carboxylic acids is 2. The van der Waals surface area contributed by atoms with Crippen molar-refractivity contribution in [2.24, 2.45) is 5.92 Å². The Morgan fingerprint density at radius 2 is 1.89 bits per heavy atom. The molecule has 1 aromatic carbocycles. The van der Waals surface area contributed by atoms with Crippen LogP contribution in [-0.2, 0) is 17.8 Å².